The predicted octanol–water partition coefficient (Wildman–Crippen LogP) is 5.26. The van der Waals surface area contributed by atoms with Crippen molar-refractivity contribution in [1.82, 2.24) is 10.3 Å². The quantitative estimate of drug-likeness (QED) is 0.800. The lowest BCUT2D eigenvalue weighted by molar-refractivity contribution is 0.465. The number of nitrogens with zero attached hydrogens (tertiary/aromatic N) is 1. The summed E-state index contributed by atoms with van der Waals surface area (Å²) in [7, 11) is 0. The third-order valence-electron chi connectivity index (χ3n) is 3.95. The highest BCUT2D eigenvalue weighted by Gasteiger charge is 2.24. The van der Waals surface area contributed by atoms with Gasteiger partial charge in [0, 0.05) is 21.0 Å². The highest BCUT2D eigenvalue weighted by Crippen LogP contribution is 2.40. The highest BCUT2D eigenvalue weighted by molar-refractivity contribution is 9.10. The molecule has 0 radical (unpaired) electrons. The Labute approximate surface area is 139 Å². The number of fused-ring (bicyclic) bond motifs is 1. The largest absolute Gasteiger partial charge is 0.309 e. The fourth-order valence-corrected chi connectivity index (χ4v) is 4.92. The van der Waals surface area contributed by atoms with Crippen molar-refractivity contribution in [3.8, 4) is 10.6 Å². The third kappa shape index (κ3) is 3.22. The number of thiazole rings is 1. The van der Waals surface area contributed by atoms with Crippen LogP contribution in [0.3, 0.4) is 0 Å². The van der Waals surface area contributed by atoms with Gasteiger partial charge in [0.15, 0.2) is 0 Å². The van der Waals surface area contributed by atoms with E-state index in [2.05, 4.69) is 53.3 Å². The van der Waals surface area contributed by atoms with E-state index in [0.29, 0.717) is 6.04 Å². The first-order valence-corrected chi connectivity index (χ1v) is 9.29. The van der Waals surface area contributed by atoms with E-state index in [1.54, 1.807) is 0 Å². The topological polar surface area (TPSA) is 24.9 Å². The molecular formula is C17H21BrN2S. The number of aryl methyl sites for hydroxylation is 2. The zero-order valence-electron chi connectivity index (χ0n) is 12.6. The molecule has 1 unspecified atom stereocenters. The van der Waals surface area contributed by atoms with Gasteiger partial charge in [0.2, 0.25) is 0 Å². The molecule has 1 atom stereocenters. The van der Waals surface area contributed by atoms with Gasteiger partial charge in [-0.3, -0.25) is 0 Å². The van der Waals surface area contributed by atoms with Crippen molar-refractivity contribution in [2.24, 2.45) is 0 Å². The van der Waals surface area contributed by atoms with Gasteiger partial charge in [0.1, 0.15) is 5.01 Å². The van der Waals surface area contributed by atoms with Crippen molar-refractivity contribution in [3.05, 3.63) is 38.8 Å². The number of rotatable bonds is 4. The van der Waals surface area contributed by atoms with Gasteiger partial charge >= 0.3 is 0 Å². The second kappa shape index (κ2) is 6.59. The Kier molecular flexibility index (Phi) is 4.77. The molecule has 0 amide bonds. The Balaban J connectivity index is 1.94. The second-order valence-electron chi connectivity index (χ2n) is 5.71. The molecule has 1 heterocycles. The summed E-state index contributed by atoms with van der Waals surface area (Å²) in [4.78, 5) is 6.37. The van der Waals surface area contributed by atoms with E-state index in [1.807, 2.05) is 11.3 Å². The number of halogens is 1. The molecule has 1 N–H and O–H groups in total. The van der Waals surface area contributed by atoms with Crippen LogP contribution in [-0.4, -0.2) is 11.5 Å². The van der Waals surface area contributed by atoms with Crippen LogP contribution in [0.2, 0.25) is 0 Å². The van der Waals surface area contributed by atoms with Gasteiger partial charge < -0.3 is 5.32 Å². The maximum atomic E-state index is 4.92. The van der Waals surface area contributed by atoms with E-state index in [9.17, 15) is 0 Å². The molecular weight excluding hydrogens is 344 g/mol. The fraction of sp³-hybridized carbons (Fsp3) is 0.471. The standard InChI is InChI=1S/C17H21BrN2S/c1-3-9-19-14-5-4-6-15-16(14)21-17(20-15)12-8-7-11(2)10-13(12)18/h7-8,10,14,19H,3-6,9H2,1-2H3. The minimum Gasteiger partial charge on any atom is -0.309 e. The third-order valence-corrected chi connectivity index (χ3v) is 5.85. The maximum absolute atomic E-state index is 4.92. The zero-order chi connectivity index (χ0) is 14.8. The highest BCUT2D eigenvalue weighted by atomic mass is 79.9. The molecule has 21 heavy (non-hydrogen) atoms. The van der Waals surface area contributed by atoms with E-state index in [1.165, 1.54) is 41.0 Å². The molecule has 2 nitrogen and oxygen atoms in total. The molecule has 112 valence electrons. The van der Waals surface area contributed by atoms with Crippen LogP contribution >= 0.6 is 27.3 Å². The zero-order valence-corrected chi connectivity index (χ0v) is 15.0. The van der Waals surface area contributed by atoms with E-state index in [-0.39, 0.29) is 0 Å². The Morgan fingerprint density at radius 2 is 2.29 bits per heavy atom. The minimum atomic E-state index is 0.504. The first-order chi connectivity index (χ1) is 10.2. The molecule has 0 bridgehead atoms. The Hall–Kier alpha value is -0.710. The van der Waals surface area contributed by atoms with Crippen molar-refractivity contribution in [2.45, 2.75) is 45.6 Å². The molecule has 0 saturated carbocycles. The Morgan fingerprint density at radius 3 is 3.05 bits per heavy atom. The lowest BCUT2D eigenvalue weighted by atomic mass is 9.98. The molecule has 1 aliphatic carbocycles. The van der Waals surface area contributed by atoms with Gasteiger partial charge in [0.25, 0.3) is 0 Å². The van der Waals surface area contributed by atoms with Crippen molar-refractivity contribution in [1.29, 1.82) is 0 Å². The van der Waals surface area contributed by atoms with Crippen molar-refractivity contribution >= 4 is 27.3 Å². The number of hydrogen-bond acceptors (Lipinski definition) is 3. The van der Waals surface area contributed by atoms with Crippen LogP contribution in [-0.2, 0) is 6.42 Å². The van der Waals surface area contributed by atoms with Gasteiger partial charge in [0.05, 0.1) is 5.69 Å². The molecule has 1 aromatic carbocycles. The Bertz CT molecular complexity index is 636. The SMILES string of the molecule is CCCNC1CCCc2nc(-c3ccc(C)cc3Br)sc21. The van der Waals surface area contributed by atoms with Gasteiger partial charge in [-0.25, -0.2) is 4.98 Å². The van der Waals surface area contributed by atoms with E-state index >= 15 is 0 Å². The van der Waals surface area contributed by atoms with E-state index in [0.717, 1.165) is 22.4 Å². The average Bonchev–Trinajstić information content (AvgIpc) is 2.89. The van der Waals surface area contributed by atoms with Crippen molar-refractivity contribution < 1.29 is 0 Å². The molecule has 4 heteroatoms. The van der Waals surface area contributed by atoms with Crippen LogP contribution in [0.4, 0.5) is 0 Å². The van der Waals surface area contributed by atoms with Gasteiger partial charge in [-0.05, 0) is 50.8 Å². The fourth-order valence-electron chi connectivity index (χ4n) is 2.84. The van der Waals surface area contributed by atoms with Crippen LogP contribution in [0.5, 0.6) is 0 Å². The van der Waals surface area contributed by atoms with Gasteiger partial charge in [-0.15, -0.1) is 11.3 Å². The minimum absolute atomic E-state index is 0.504. The van der Waals surface area contributed by atoms with Crippen LogP contribution < -0.4 is 5.32 Å². The summed E-state index contributed by atoms with van der Waals surface area (Å²) in [5.74, 6) is 0. The van der Waals surface area contributed by atoms with Crippen LogP contribution in [0.25, 0.3) is 10.6 Å². The lowest BCUT2D eigenvalue weighted by Crippen LogP contribution is -2.24. The summed E-state index contributed by atoms with van der Waals surface area (Å²) in [5.41, 5.74) is 3.80. The maximum Gasteiger partial charge on any atom is 0.125 e. The molecule has 0 spiro atoms. The number of aromatic nitrogens is 1. The molecule has 0 aliphatic heterocycles. The summed E-state index contributed by atoms with van der Waals surface area (Å²) >= 11 is 5.55. The summed E-state index contributed by atoms with van der Waals surface area (Å²) < 4.78 is 1.15. The molecule has 2 aromatic rings. The lowest BCUT2D eigenvalue weighted by Gasteiger charge is -2.22. The number of nitrogens with one attached hydrogen (secondary N) is 1. The first-order valence-electron chi connectivity index (χ1n) is 7.68. The number of benzene rings is 1. The second-order valence-corrected chi connectivity index (χ2v) is 7.60. The summed E-state index contributed by atoms with van der Waals surface area (Å²) in [5, 5.41) is 4.82. The number of hydrogen-bond donors (Lipinski definition) is 1. The monoisotopic (exact) mass is 364 g/mol. The normalized spacial score (nSPS) is 17.8. The molecule has 1 aliphatic rings. The predicted molar refractivity (Wildman–Crippen MR) is 94.0 cm³/mol. The first kappa shape index (κ1) is 15.2. The van der Waals surface area contributed by atoms with Crippen LogP contribution in [0.1, 0.15) is 48.4 Å². The smallest absolute Gasteiger partial charge is 0.125 e. The average molecular weight is 365 g/mol. The summed E-state index contributed by atoms with van der Waals surface area (Å²) in [6.45, 7) is 5.43. The summed E-state index contributed by atoms with van der Waals surface area (Å²) in [6, 6.07) is 7.01. The van der Waals surface area contributed by atoms with Gasteiger partial charge in [-0.2, -0.15) is 0 Å². The summed E-state index contributed by atoms with van der Waals surface area (Å²) in [6.07, 6.45) is 4.79. The van der Waals surface area contributed by atoms with E-state index in [4.69, 9.17) is 4.98 Å². The van der Waals surface area contributed by atoms with E-state index < -0.39 is 0 Å². The van der Waals surface area contributed by atoms with Crippen molar-refractivity contribution in [3.63, 3.8) is 0 Å². The molecule has 0 fully saturated rings. The molecule has 1 aromatic heterocycles. The van der Waals surface area contributed by atoms with Crippen LogP contribution in [0, 0.1) is 6.92 Å². The molecule has 3 rings (SSSR count). The molecule has 0 saturated heterocycles. The van der Waals surface area contributed by atoms with Gasteiger partial charge in [-0.1, -0.05) is 35.0 Å². The Morgan fingerprint density at radius 1 is 1.43 bits per heavy atom. The van der Waals surface area contributed by atoms with Crippen LogP contribution in [0.15, 0.2) is 22.7 Å². The van der Waals surface area contributed by atoms with Crippen molar-refractivity contribution in [2.75, 3.05) is 6.54 Å².